The van der Waals surface area contributed by atoms with Gasteiger partial charge in [0.1, 0.15) is 0 Å². The third-order valence-corrected chi connectivity index (χ3v) is 2.59. The van der Waals surface area contributed by atoms with Crippen molar-refractivity contribution in [2.24, 2.45) is 0 Å². The molecule has 0 amide bonds. The van der Waals surface area contributed by atoms with E-state index >= 15 is 0 Å². The second-order valence-electron chi connectivity index (χ2n) is 4.04. The van der Waals surface area contributed by atoms with Crippen LogP contribution in [0.5, 0.6) is 0 Å². The molecule has 0 aliphatic heterocycles. The molecule has 0 heterocycles. The highest BCUT2D eigenvalue weighted by molar-refractivity contribution is 5.53. The first-order valence-electron chi connectivity index (χ1n) is 6.14. The van der Waals surface area contributed by atoms with Crippen LogP contribution in [0.2, 0.25) is 0 Å². The molecule has 0 bridgehead atoms. The Hall–Kier alpha value is -1.08. The van der Waals surface area contributed by atoms with Crippen molar-refractivity contribution in [1.29, 1.82) is 0 Å². The lowest BCUT2D eigenvalue weighted by molar-refractivity contribution is 0.158. The van der Waals surface area contributed by atoms with Crippen molar-refractivity contribution < 1.29 is 4.74 Å². The van der Waals surface area contributed by atoms with Gasteiger partial charge >= 0.3 is 0 Å². The number of benzene rings is 1. The summed E-state index contributed by atoms with van der Waals surface area (Å²) in [5.41, 5.74) is 2.59. The summed E-state index contributed by atoms with van der Waals surface area (Å²) >= 11 is 0. The van der Waals surface area contributed by atoms with Crippen LogP contribution >= 0.6 is 0 Å². The minimum Gasteiger partial charge on any atom is -0.377 e. The molecule has 0 N–H and O–H groups in total. The number of unbranched alkanes of at least 4 members (excludes halogenated alkanes) is 2. The fourth-order valence-electron chi connectivity index (χ4n) is 1.55. The number of rotatable bonds is 7. The summed E-state index contributed by atoms with van der Waals surface area (Å²) in [4.78, 5) is 0. The van der Waals surface area contributed by atoms with E-state index in [1.807, 2.05) is 0 Å². The first kappa shape index (κ1) is 13.0. The molecular formula is C15H22O. The molecule has 1 nitrogen and oxygen atoms in total. The van der Waals surface area contributed by atoms with Crippen molar-refractivity contribution in [2.45, 2.75) is 33.1 Å². The van der Waals surface area contributed by atoms with E-state index in [1.165, 1.54) is 30.4 Å². The molecule has 0 fully saturated rings. The molecule has 88 valence electrons. The molecule has 0 atom stereocenters. The first-order valence-corrected chi connectivity index (χ1v) is 6.14. The quantitative estimate of drug-likeness (QED) is 0.623. The van der Waals surface area contributed by atoms with E-state index in [-0.39, 0.29) is 0 Å². The molecule has 0 aliphatic rings. The van der Waals surface area contributed by atoms with E-state index in [1.54, 1.807) is 0 Å². The fraction of sp³-hybridized carbons (Fsp3) is 0.467. The smallest absolute Gasteiger partial charge is 0.0650 e. The van der Waals surface area contributed by atoms with Crippen molar-refractivity contribution in [3.05, 3.63) is 41.5 Å². The molecule has 0 radical (unpaired) electrons. The number of hydrogen-bond donors (Lipinski definition) is 0. The van der Waals surface area contributed by atoms with Crippen LogP contribution in [0.4, 0.5) is 0 Å². The normalized spacial score (nSPS) is 11.1. The fourth-order valence-corrected chi connectivity index (χ4v) is 1.55. The van der Waals surface area contributed by atoms with Crippen molar-refractivity contribution in [2.75, 3.05) is 13.2 Å². The zero-order valence-electron chi connectivity index (χ0n) is 10.4. The van der Waals surface area contributed by atoms with E-state index in [2.05, 4.69) is 50.3 Å². The Kier molecular flexibility index (Phi) is 6.59. The van der Waals surface area contributed by atoms with Crippen LogP contribution in [-0.2, 0) is 4.74 Å². The zero-order valence-corrected chi connectivity index (χ0v) is 10.4. The lowest BCUT2D eigenvalue weighted by Crippen LogP contribution is -1.93. The maximum absolute atomic E-state index is 5.51. The van der Waals surface area contributed by atoms with Gasteiger partial charge in [-0.15, -0.1) is 0 Å². The second kappa shape index (κ2) is 8.12. The van der Waals surface area contributed by atoms with E-state index in [0.717, 1.165) is 13.2 Å². The van der Waals surface area contributed by atoms with Gasteiger partial charge in [-0.1, -0.05) is 56.2 Å². The van der Waals surface area contributed by atoms with Crippen LogP contribution in [0.1, 0.15) is 37.3 Å². The number of ether oxygens (including phenoxy) is 1. The third kappa shape index (κ3) is 5.13. The van der Waals surface area contributed by atoms with Crippen molar-refractivity contribution in [3.8, 4) is 0 Å². The molecule has 0 saturated heterocycles. The van der Waals surface area contributed by atoms with E-state index < -0.39 is 0 Å². The molecule has 0 aromatic heterocycles. The van der Waals surface area contributed by atoms with Gasteiger partial charge < -0.3 is 4.74 Å². The van der Waals surface area contributed by atoms with Gasteiger partial charge in [-0.2, -0.15) is 0 Å². The Balaban J connectivity index is 2.20. The van der Waals surface area contributed by atoms with Gasteiger partial charge in [0, 0.05) is 6.61 Å². The van der Waals surface area contributed by atoms with Gasteiger partial charge in [0.15, 0.2) is 0 Å². The third-order valence-electron chi connectivity index (χ3n) is 2.59. The highest BCUT2D eigenvalue weighted by Gasteiger charge is 1.90. The molecule has 0 unspecified atom stereocenters. The molecule has 1 rings (SSSR count). The first-order chi connectivity index (χ1) is 7.84. The predicted octanol–water partition coefficient (Wildman–Crippen LogP) is 4.22. The monoisotopic (exact) mass is 218 g/mol. The van der Waals surface area contributed by atoms with Crippen LogP contribution < -0.4 is 0 Å². The molecular weight excluding hydrogens is 196 g/mol. The highest BCUT2D eigenvalue weighted by atomic mass is 16.5. The van der Waals surface area contributed by atoms with Crippen LogP contribution in [-0.4, -0.2) is 13.2 Å². The largest absolute Gasteiger partial charge is 0.377 e. The summed E-state index contributed by atoms with van der Waals surface area (Å²) in [7, 11) is 0. The van der Waals surface area contributed by atoms with E-state index in [9.17, 15) is 0 Å². The number of hydrogen-bond acceptors (Lipinski definition) is 1. The molecule has 0 aliphatic carbocycles. The van der Waals surface area contributed by atoms with Crippen molar-refractivity contribution >= 4 is 6.08 Å². The summed E-state index contributed by atoms with van der Waals surface area (Å²) in [6, 6.07) is 8.38. The van der Waals surface area contributed by atoms with Crippen molar-refractivity contribution in [3.63, 3.8) is 0 Å². The zero-order chi connectivity index (χ0) is 11.6. The van der Waals surface area contributed by atoms with Gasteiger partial charge in [0.25, 0.3) is 0 Å². The van der Waals surface area contributed by atoms with Gasteiger partial charge in [-0.25, -0.2) is 0 Å². The summed E-state index contributed by atoms with van der Waals surface area (Å²) < 4.78 is 5.51. The Labute approximate surface area is 99.1 Å². The average Bonchev–Trinajstić information content (AvgIpc) is 2.30. The van der Waals surface area contributed by atoms with Crippen LogP contribution in [0.25, 0.3) is 6.08 Å². The maximum Gasteiger partial charge on any atom is 0.0650 e. The van der Waals surface area contributed by atoms with Crippen molar-refractivity contribution in [1.82, 2.24) is 0 Å². The van der Waals surface area contributed by atoms with Crippen LogP contribution in [0.15, 0.2) is 30.3 Å². The minimum absolute atomic E-state index is 0.720. The Bertz CT molecular complexity index is 315. The SMILES string of the molecule is CCCCCOC/C=C/c1ccccc1C. The minimum atomic E-state index is 0.720. The molecule has 1 heteroatoms. The summed E-state index contributed by atoms with van der Waals surface area (Å²) in [5, 5.41) is 0. The lowest BCUT2D eigenvalue weighted by Gasteiger charge is -2.00. The Morgan fingerprint density at radius 2 is 2.00 bits per heavy atom. The summed E-state index contributed by atoms with van der Waals surface area (Å²) in [5.74, 6) is 0. The molecule has 1 aromatic rings. The van der Waals surface area contributed by atoms with Gasteiger partial charge in [0.2, 0.25) is 0 Å². The molecule has 16 heavy (non-hydrogen) atoms. The lowest BCUT2D eigenvalue weighted by atomic mass is 10.1. The predicted molar refractivity (Wildman–Crippen MR) is 70.6 cm³/mol. The Morgan fingerprint density at radius 1 is 1.19 bits per heavy atom. The topological polar surface area (TPSA) is 9.23 Å². The number of aryl methyl sites for hydroxylation is 1. The van der Waals surface area contributed by atoms with E-state index in [0.29, 0.717) is 0 Å². The van der Waals surface area contributed by atoms with E-state index in [4.69, 9.17) is 4.74 Å². The molecule has 1 aromatic carbocycles. The maximum atomic E-state index is 5.51. The molecule has 0 spiro atoms. The highest BCUT2D eigenvalue weighted by Crippen LogP contribution is 2.08. The van der Waals surface area contributed by atoms with Crippen LogP contribution in [0.3, 0.4) is 0 Å². The Morgan fingerprint density at radius 3 is 2.75 bits per heavy atom. The van der Waals surface area contributed by atoms with Gasteiger partial charge in [-0.05, 0) is 24.5 Å². The standard InChI is InChI=1S/C15H22O/c1-3-4-7-12-16-13-8-11-15-10-6-5-9-14(15)2/h5-6,8-11H,3-4,7,12-13H2,1-2H3/b11-8+. The van der Waals surface area contributed by atoms with Gasteiger partial charge in [-0.3, -0.25) is 0 Å². The molecule has 0 saturated carbocycles. The summed E-state index contributed by atoms with van der Waals surface area (Å²) in [6.07, 6.45) is 7.92. The second-order valence-corrected chi connectivity index (χ2v) is 4.04. The van der Waals surface area contributed by atoms with Crippen LogP contribution in [0, 0.1) is 6.92 Å². The average molecular weight is 218 g/mol. The van der Waals surface area contributed by atoms with Gasteiger partial charge in [0.05, 0.1) is 6.61 Å². The summed E-state index contributed by atoms with van der Waals surface area (Å²) in [6.45, 7) is 5.93.